The Hall–Kier alpha value is -1.74. The molecule has 1 saturated heterocycles. The minimum absolute atomic E-state index is 0.147. The summed E-state index contributed by atoms with van der Waals surface area (Å²) in [6.07, 6.45) is 3.11. The van der Waals surface area contributed by atoms with Crippen LogP contribution < -0.4 is 0 Å². The van der Waals surface area contributed by atoms with Crippen LogP contribution in [0.4, 0.5) is 8.78 Å². The minimum atomic E-state index is -0.216. The molecular weight excluding hydrogens is 292 g/mol. The third-order valence-electron chi connectivity index (χ3n) is 5.04. The van der Waals surface area contributed by atoms with E-state index in [0.29, 0.717) is 0 Å². The van der Waals surface area contributed by atoms with Crippen LogP contribution in [-0.2, 0) is 5.41 Å². The number of hydrogen-bond donors (Lipinski definition) is 0. The summed E-state index contributed by atoms with van der Waals surface area (Å²) in [5, 5.41) is 0. The van der Waals surface area contributed by atoms with E-state index in [0.717, 1.165) is 50.0 Å². The van der Waals surface area contributed by atoms with Crippen LogP contribution in [0.5, 0.6) is 0 Å². The predicted molar refractivity (Wildman–Crippen MR) is 89.5 cm³/mol. The highest BCUT2D eigenvalue weighted by Gasteiger charge is 2.37. The minimum Gasteiger partial charge on any atom is -0.303 e. The molecule has 1 aliphatic rings. The second kappa shape index (κ2) is 6.79. The normalized spacial score (nSPS) is 18.0. The molecule has 2 aromatic rings. The van der Waals surface area contributed by atoms with Gasteiger partial charge in [0.2, 0.25) is 0 Å². The molecule has 0 bridgehead atoms. The van der Waals surface area contributed by atoms with Crippen LogP contribution in [0, 0.1) is 11.6 Å². The summed E-state index contributed by atoms with van der Waals surface area (Å²) < 4.78 is 26.7. The molecule has 3 heteroatoms. The number of hydrogen-bond acceptors (Lipinski definition) is 1. The second-order valence-corrected chi connectivity index (χ2v) is 6.44. The third kappa shape index (κ3) is 3.30. The Morgan fingerprint density at radius 3 is 1.65 bits per heavy atom. The molecule has 0 aliphatic carbocycles. The molecule has 0 N–H and O–H groups in total. The third-order valence-corrected chi connectivity index (χ3v) is 5.04. The SMILES string of the molecule is CCCN1CCC(c2ccc(F)cc2)(c2ccc(F)cc2)CC1. The maximum Gasteiger partial charge on any atom is 0.123 e. The Kier molecular flexibility index (Phi) is 4.76. The first kappa shape index (κ1) is 16.1. The molecule has 1 aliphatic heterocycles. The van der Waals surface area contributed by atoms with E-state index in [1.165, 1.54) is 24.3 Å². The van der Waals surface area contributed by atoms with Gasteiger partial charge >= 0.3 is 0 Å². The second-order valence-electron chi connectivity index (χ2n) is 6.44. The number of halogens is 2. The number of likely N-dealkylation sites (tertiary alicyclic amines) is 1. The summed E-state index contributed by atoms with van der Waals surface area (Å²) in [4.78, 5) is 2.48. The van der Waals surface area contributed by atoms with Gasteiger partial charge in [-0.2, -0.15) is 0 Å². The molecule has 0 spiro atoms. The lowest BCUT2D eigenvalue weighted by atomic mass is 9.68. The molecule has 23 heavy (non-hydrogen) atoms. The van der Waals surface area contributed by atoms with Crippen molar-refractivity contribution in [3.8, 4) is 0 Å². The zero-order chi connectivity index (χ0) is 16.3. The maximum absolute atomic E-state index is 13.3. The molecule has 122 valence electrons. The molecular formula is C20H23F2N. The fourth-order valence-electron chi connectivity index (χ4n) is 3.76. The number of nitrogens with zero attached hydrogens (tertiary/aromatic N) is 1. The molecule has 3 rings (SSSR count). The molecule has 1 heterocycles. The lowest BCUT2D eigenvalue weighted by Gasteiger charge is -2.43. The van der Waals surface area contributed by atoms with E-state index >= 15 is 0 Å². The summed E-state index contributed by atoms with van der Waals surface area (Å²) in [7, 11) is 0. The average molecular weight is 315 g/mol. The van der Waals surface area contributed by atoms with Gasteiger partial charge in [-0.1, -0.05) is 31.2 Å². The Morgan fingerprint density at radius 2 is 1.26 bits per heavy atom. The zero-order valence-corrected chi connectivity index (χ0v) is 13.6. The lowest BCUT2D eigenvalue weighted by Crippen LogP contribution is -2.43. The van der Waals surface area contributed by atoms with E-state index in [-0.39, 0.29) is 17.0 Å². The molecule has 1 fully saturated rings. The average Bonchev–Trinajstić information content (AvgIpc) is 2.57. The van der Waals surface area contributed by atoms with Gasteiger partial charge in [0.25, 0.3) is 0 Å². The van der Waals surface area contributed by atoms with Gasteiger partial charge in [0.1, 0.15) is 11.6 Å². The van der Waals surface area contributed by atoms with Gasteiger partial charge in [0.05, 0.1) is 0 Å². The standard InChI is InChI=1S/C20H23F2N/c1-2-13-23-14-11-20(12-15-23,16-3-7-18(21)8-4-16)17-5-9-19(22)10-6-17/h3-10H,2,11-15H2,1H3. The largest absolute Gasteiger partial charge is 0.303 e. The Labute approximate surface area is 136 Å². The van der Waals surface area contributed by atoms with Crippen LogP contribution >= 0.6 is 0 Å². The van der Waals surface area contributed by atoms with Gasteiger partial charge in [-0.05, 0) is 74.3 Å². The van der Waals surface area contributed by atoms with Crippen molar-refractivity contribution in [2.45, 2.75) is 31.6 Å². The predicted octanol–water partition coefficient (Wildman–Crippen LogP) is 4.76. The highest BCUT2D eigenvalue weighted by atomic mass is 19.1. The number of piperidine rings is 1. The van der Waals surface area contributed by atoms with Crippen LogP contribution in [0.25, 0.3) is 0 Å². The fourth-order valence-corrected chi connectivity index (χ4v) is 3.76. The van der Waals surface area contributed by atoms with Gasteiger partial charge in [-0.3, -0.25) is 0 Å². The van der Waals surface area contributed by atoms with Crippen molar-refractivity contribution in [3.05, 3.63) is 71.3 Å². The van der Waals surface area contributed by atoms with E-state index < -0.39 is 0 Å². The summed E-state index contributed by atoms with van der Waals surface area (Å²) >= 11 is 0. The zero-order valence-electron chi connectivity index (χ0n) is 13.6. The Morgan fingerprint density at radius 1 is 0.826 bits per heavy atom. The molecule has 0 saturated carbocycles. The summed E-state index contributed by atoms with van der Waals surface area (Å²) in [5.41, 5.74) is 2.11. The van der Waals surface area contributed by atoms with Gasteiger partial charge in [0, 0.05) is 5.41 Å². The highest BCUT2D eigenvalue weighted by Crippen LogP contribution is 2.41. The van der Waals surface area contributed by atoms with Crippen molar-refractivity contribution in [2.24, 2.45) is 0 Å². The first-order chi connectivity index (χ1) is 11.1. The van der Waals surface area contributed by atoms with E-state index in [2.05, 4.69) is 11.8 Å². The van der Waals surface area contributed by atoms with E-state index in [9.17, 15) is 8.78 Å². The van der Waals surface area contributed by atoms with E-state index in [4.69, 9.17) is 0 Å². The molecule has 0 atom stereocenters. The van der Waals surface area contributed by atoms with Crippen LogP contribution in [0.3, 0.4) is 0 Å². The van der Waals surface area contributed by atoms with Crippen molar-refractivity contribution in [1.82, 2.24) is 4.90 Å². The first-order valence-electron chi connectivity index (χ1n) is 8.38. The fraction of sp³-hybridized carbons (Fsp3) is 0.400. The van der Waals surface area contributed by atoms with E-state index in [1.807, 2.05) is 24.3 Å². The number of benzene rings is 2. The molecule has 0 radical (unpaired) electrons. The van der Waals surface area contributed by atoms with Crippen LogP contribution in [-0.4, -0.2) is 24.5 Å². The van der Waals surface area contributed by atoms with Crippen molar-refractivity contribution in [3.63, 3.8) is 0 Å². The molecule has 0 amide bonds. The monoisotopic (exact) mass is 315 g/mol. The van der Waals surface area contributed by atoms with Gasteiger partial charge < -0.3 is 4.90 Å². The molecule has 2 aromatic carbocycles. The van der Waals surface area contributed by atoms with Gasteiger partial charge in [-0.15, -0.1) is 0 Å². The van der Waals surface area contributed by atoms with Crippen molar-refractivity contribution < 1.29 is 8.78 Å². The van der Waals surface area contributed by atoms with Gasteiger partial charge in [0.15, 0.2) is 0 Å². The molecule has 0 unspecified atom stereocenters. The first-order valence-corrected chi connectivity index (χ1v) is 8.38. The van der Waals surface area contributed by atoms with Gasteiger partial charge in [-0.25, -0.2) is 8.78 Å². The van der Waals surface area contributed by atoms with Crippen molar-refractivity contribution >= 4 is 0 Å². The quantitative estimate of drug-likeness (QED) is 0.786. The lowest BCUT2D eigenvalue weighted by molar-refractivity contribution is 0.179. The molecule has 0 aromatic heterocycles. The smallest absolute Gasteiger partial charge is 0.123 e. The summed E-state index contributed by atoms with van der Waals surface area (Å²) in [6.45, 7) is 5.34. The molecule has 1 nitrogen and oxygen atoms in total. The van der Waals surface area contributed by atoms with E-state index in [1.54, 1.807) is 0 Å². The Bertz CT molecular complexity index is 578. The summed E-state index contributed by atoms with van der Waals surface area (Å²) in [6, 6.07) is 13.6. The maximum atomic E-state index is 13.3. The van der Waals surface area contributed by atoms with Crippen LogP contribution in [0.2, 0.25) is 0 Å². The van der Waals surface area contributed by atoms with Crippen LogP contribution in [0.1, 0.15) is 37.3 Å². The van der Waals surface area contributed by atoms with Crippen molar-refractivity contribution in [1.29, 1.82) is 0 Å². The topological polar surface area (TPSA) is 3.24 Å². The highest BCUT2D eigenvalue weighted by molar-refractivity contribution is 5.40. The Balaban J connectivity index is 1.97. The summed E-state index contributed by atoms with van der Waals surface area (Å²) in [5.74, 6) is -0.433. The van der Waals surface area contributed by atoms with Crippen LogP contribution in [0.15, 0.2) is 48.5 Å². The van der Waals surface area contributed by atoms with Crippen molar-refractivity contribution in [2.75, 3.05) is 19.6 Å². The number of rotatable bonds is 4.